The van der Waals surface area contributed by atoms with Crippen LogP contribution in [0.2, 0.25) is 0 Å². The summed E-state index contributed by atoms with van der Waals surface area (Å²) in [6.07, 6.45) is 2.69. The summed E-state index contributed by atoms with van der Waals surface area (Å²) in [5.41, 5.74) is -5.14. The zero-order valence-corrected chi connectivity index (χ0v) is 8.73. The summed E-state index contributed by atoms with van der Waals surface area (Å²) in [7, 11) is -5.70. The van der Waals surface area contributed by atoms with Crippen molar-refractivity contribution >= 4 is 15.8 Å². The number of nitrogens with zero attached hydrogens (tertiary/aromatic N) is 3. The molecule has 0 bridgehead atoms. The van der Waals surface area contributed by atoms with Crippen molar-refractivity contribution in [3.63, 3.8) is 0 Å². The fourth-order valence-corrected chi connectivity index (χ4v) is 1.41. The second-order valence-electron chi connectivity index (χ2n) is 2.88. The number of alkyl halides is 3. The van der Waals surface area contributed by atoms with Gasteiger partial charge in [0.25, 0.3) is 5.88 Å². The van der Waals surface area contributed by atoms with Crippen molar-refractivity contribution in [1.82, 2.24) is 14.6 Å². The van der Waals surface area contributed by atoms with E-state index in [1.54, 1.807) is 0 Å². The first-order chi connectivity index (χ1) is 7.79. The average molecular weight is 267 g/mol. The van der Waals surface area contributed by atoms with Gasteiger partial charge in [0.15, 0.2) is 5.65 Å². The van der Waals surface area contributed by atoms with Gasteiger partial charge in [-0.1, -0.05) is 0 Å². The number of halogens is 3. The van der Waals surface area contributed by atoms with Crippen LogP contribution in [0.25, 0.3) is 5.65 Å². The van der Waals surface area contributed by atoms with Crippen molar-refractivity contribution < 1.29 is 25.8 Å². The lowest BCUT2D eigenvalue weighted by Crippen LogP contribution is -2.28. The lowest BCUT2D eigenvalue weighted by molar-refractivity contribution is -0.0501. The fourth-order valence-electron chi connectivity index (χ4n) is 1.00. The Bertz CT molecular complexity index is 649. The minimum Gasteiger partial charge on any atom is -0.354 e. The summed E-state index contributed by atoms with van der Waals surface area (Å²) < 4.78 is 62.3. The Morgan fingerprint density at radius 2 is 2.00 bits per heavy atom. The predicted molar refractivity (Wildman–Crippen MR) is 48.6 cm³/mol. The molecule has 0 N–H and O–H groups in total. The summed E-state index contributed by atoms with van der Waals surface area (Å²) in [6, 6.07) is 2.25. The van der Waals surface area contributed by atoms with Gasteiger partial charge in [0.2, 0.25) is 0 Å². The first-order valence-electron chi connectivity index (χ1n) is 4.11. The van der Waals surface area contributed by atoms with E-state index >= 15 is 0 Å². The van der Waals surface area contributed by atoms with Crippen molar-refractivity contribution in [2.75, 3.05) is 0 Å². The summed E-state index contributed by atoms with van der Waals surface area (Å²) in [6.45, 7) is 0. The number of aromatic nitrogens is 3. The minimum atomic E-state index is -5.70. The molecule has 2 heterocycles. The van der Waals surface area contributed by atoms with Crippen LogP contribution >= 0.6 is 0 Å². The molecule has 0 radical (unpaired) electrons. The highest BCUT2D eigenvalue weighted by atomic mass is 32.2. The quantitative estimate of drug-likeness (QED) is 0.598. The average Bonchev–Trinajstić information content (AvgIpc) is 2.62. The third-order valence-electron chi connectivity index (χ3n) is 1.71. The Hall–Kier alpha value is -1.84. The van der Waals surface area contributed by atoms with Crippen LogP contribution in [0.3, 0.4) is 0 Å². The zero-order valence-electron chi connectivity index (χ0n) is 7.92. The van der Waals surface area contributed by atoms with Gasteiger partial charge in [0.1, 0.15) is 0 Å². The van der Waals surface area contributed by atoms with Crippen LogP contribution in [-0.4, -0.2) is 28.5 Å². The van der Waals surface area contributed by atoms with E-state index in [2.05, 4.69) is 14.3 Å². The van der Waals surface area contributed by atoms with E-state index in [-0.39, 0.29) is 0 Å². The summed E-state index contributed by atoms with van der Waals surface area (Å²) in [4.78, 5) is 3.78. The van der Waals surface area contributed by atoms with Gasteiger partial charge in [-0.3, -0.25) is 0 Å². The first-order valence-corrected chi connectivity index (χ1v) is 5.51. The van der Waals surface area contributed by atoms with E-state index < -0.39 is 21.5 Å². The molecule has 0 aliphatic heterocycles. The smallest absolute Gasteiger partial charge is 0.354 e. The van der Waals surface area contributed by atoms with Crippen LogP contribution in [0, 0.1) is 0 Å². The third kappa shape index (κ3) is 2.16. The Kier molecular flexibility index (Phi) is 2.45. The third-order valence-corrected chi connectivity index (χ3v) is 2.67. The molecule has 0 amide bonds. The highest BCUT2D eigenvalue weighted by Gasteiger charge is 2.48. The van der Waals surface area contributed by atoms with E-state index in [1.807, 2.05) is 0 Å². The summed E-state index contributed by atoms with van der Waals surface area (Å²) in [5.74, 6) is -0.687. The van der Waals surface area contributed by atoms with Crippen molar-refractivity contribution in [2.45, 2.75) is 5.51 Å². The van der Waals surface area contributed by atoms with Crippen molar-refractivity contribution in [2.24, 2.45) is 0 Å². The highest BCUT2D eigenvalue weighted by molar-refractivity contribution is 7.87. The number of rotatable bonds is 2. The first kappa shape index (κ1) is 11.6. The number of fused-ring (bicyclic) bond motifs is 1. The number of hydrogen-bond acceptors (Lipinski definition) is 5. The minimum absolute atomic E-state index is 0.349. The molecule has 92 valence electrons. The molecule has 0 atom stereocenters. The molecule has 2 rings (SSSR count). The van der Waals surface area contributed by atoms with Crippen LogP contribution in [0.4, 0.5) is 13.2 Å². The molecule has 0 aromatic carbocycles. The van der Waals surface area contributed by atoms with E-state index in [0.29, 0.717) is 5.65 Å². The molecule has 0 spiro atoms. The maximum atomic E-state index is 12.0. The molecule has 0 saturated heterocycles. The molecule has 0 saturated carbocycles. The molecule has 2 aromatic rings. The van der Waals surface area contributed by atoms with Gasteiger partial charge in [-0.25, -0.2) is 9.50 Å². The summed E-state index contributed by atoms with van der Waals surface area (Å²) in [5, 5.41) is 3.49. The molecular formula is C7H4F3N3O3S. The van der Waals surface area contributed by atoms with Crippen molar-refractivity contribution in [1.29, 1.82) is 0 Å². The topological polar surface area (TPSA) is 73.6 Å². The van der Waals surface area contributed by atoms with E-state index in [9.17, 15) is 21.6 Å². The van der Waals surface area contributed by atoms with Crippen LogP contribution in [0.1, 0.15) is 0 Å². The van der Waals surface area contributed by atoms with Crippen LogP contribution in [0.5, 0.6) is 5.88 Å². The maximum absolute atomic E-state index is 12.0. The SMILES string of the molecule is O=S(=O)(Oc1ccc2nccn2n1)C(F)(F)F. The van der Waals surface area contributed by atoms with Crippen LogP contribution in [-0.2, 0) is 10.1 Å². The monoisotopic (exact) mass is 267 g/mol. The molecular weight excluding hydrogens is 263 g/mol. The standard InChI is InChI=1S/C7H4F3N3O3S/c8-7(9,10)17(14,15)16-6-2-1-5-11-3-4-13(5)12-6/h1-4H. The van der Waals surface area contributed by atoms with Crippen LogP contribution < -0.4 is 4.18 Å². The molecule has 17 heavy (non-hydrogen) atoms. The van der Waals surface area contributed by atoms with Gasteiger partial charge in [0, 0.05) is 18.5 Å². The molecule has 6 nitrogen and oxygen atoms in total. The van der Waals surface area contributed by atoms with Gasteiger partial charge >= 0.3 is 15.6 Å². The van der Waals surface area contributed by atoms with E-state index in [0.717, 1.165) is 10.6 Å². The van der Waals surface area contributed by atoms with Gasteiger partial charge in [-0.15, -0.1) is 5.10 Å². The van der Waals surface area contributed by atoms with E-state index in [1.165, 1.54) is 18.5 Å². The molecule has 0 aliphatic carbocycles. The Morgan fingerprint density at radius 1 is 1.29 bits per heavy atom. The van der Waals surface area contributed by atoms with Crippen LogP contribution in [0.15, 0.2) is 24.5 Å². The molecule has 0 unspecified atom stereocenters. The number of imidazole rings is 1. The largest absolute Gasteiger partial charge is 0.534 e. The highest BCUT2D eigenvalue weighted by Crippen LogP contribution is 2.25. The van der Waals surface area contributed by atoms with Gasteiger partial charge in [-0.2, -0.15) is 21.6 Å². The maximum Gasteiger partial charge on any atom is 0.534 e. The molecule has 10 heteroatoms. The second kappa shape index (κ2) is 3.58. The van der Waals surface area contributed by atoms with Gasteiger partial charge < -0.3 is 4.18 Å². The van der Waals surface area contributed by atoms with E-state index in [4.69, 9.17) is 0 Å². The second-order valence-corrected chi connectivity index (χ2v) is 4.42. The van der Waals surface area contributed by atoms with Crippen molar-refractivity contribution in [3.05, 3.63) is 24.5 Å². The molecule has 0 aliphatic rings. The molecule has 2 aromatic heterocycles. The van der Waals surface area contributed by atoms with Crippen molar-refractivity contribution in [3.8, 4) is 5.88 Å². The lowest BCUT2D eigenvalue weighted by atomic mass is 10.5. The summed E-state index contributed by atoms with van der Waals surface area (Å²) >= 11 is 0. The Balaban J connectivity index is 2.36. The number of hydrogen-bond donors (Lipinski definition) is 0. The van der Waals surface area contributed by atoms with Gasteiger partial charge in [-0.05, 0) is 6.07 Å². The zero-order chi connectivity index (χ0) is 12.7. The molecule has 0 fully saturated rings. The Morgan fingerprint density at radius 3 is 2.65 bits per heavy atom. The fraction of sp³-hybridized carbons (Fsp3) is 0.143. The van der Waals surface area contributed by atoms with Gasteiger partial charge in [0.05, 0.1) is 0 Å². The Labute approximate surface area is 92.8 Å². The normalized spacial score (nSPS) is 12.9. The lowest BCUT2D eigenvalue weighted by Gasteiger charge is -2.08. The predicted octanol–water partition coefficient (Wildman–Crippen LogP) is 0.958.